The van der Waals surface area contributed by atoms with Crippen LogP contribution in [0.2, 0.25) is 5.02 Å². The van der Waals surface area contributed by atoms with Gasteiger partial charge in [-0.3, -0.25) is 4.79 Å². The van der Waals surface area contributed by atoms with Gasteiger partial charge in [0.1, 0.15) is 5.82 Å². The van der Waals surface area contributed by atoms with Crippen LogP contribution < -0.4 is 4.90 Å². The number of nitrogens with zero attached hydrogens (tertiary/aromatic N) is 1. The molecule has 1 aromatic carbocycles. The Kier molecular flexibility index (Phi) is 3.54. The third-order valence-corrected chi connectivity index (χ3v) is 3.40. The number of benzene rings is 1. The number of carbonyl (C=O) groups excluding carboxylic acids is 1. The van der Waals surface area contributed by atoms with Crippen molar-refractivity contribution in [2.24, 2.45) is 5.92 Å². The number of anilines is 1. The van der Waals surface area contributed by atoms with E-state index in [2.05, 4.69) is 0 Å². The number of hydrogen-bond acceptors (Lipinski definition) is 1. The van der Waals surface area contributed by atoms with Gasteiger partial charge < -0.3 is 4.90 Å². The normalized spacial score (nSPS) is 20.1. The Bertz CT molecular complexity index is 444. The van der Waals surface area contributed by atoms with Crippen molar-refractivity contribution in [3.63, 3.8) is 0 Å². The molecule has 1 atom stereocenters. The first-order valence-corrected chi connectivity index (χ1v) is 5.95. The van der Waals surface area contributed by atoms with E-state index in [1.54, 1.807) is 0 Å². The van der Waals surface area contributed by atoms with Gasteiger partial charge in [-0.2, -0.15) is 0 Å². The van der Waals surface area contributed by atoms with Crippen LogP contribution >= 0.6 is 23.2 Å². The summed E-state index contributed by atoms with van der Waals surface area (Å²) in [5.74, 6) is -1.55. The molecular weight excluding hydrogens is 271 g/mol. The van der Waals surface area contributed by atoms with Crippen molar-refractivity contribution < 1.29 is 13.6 Å². The lowest BCUT2D eigenvalue weighted by Gasteiger charge is -2.18. The predicted molar refractivity (Wildman–Crippen MR) is 62.5 cm³/mol. The van der Waals surface area contributed by atoms with Gasteiger partial charge in [0.15, 0.2) is 5.82 Å². The Labute approximate surface area is 107 Å². The van der Waals surface area contributed by atoms with E-state index in [9.17, 15) is 13.6 Å². The maximum absolute atomic E-state index is 13.6. The molecule has 92 valence electrons. The predicted octanol–water partition coefficient (Wildman–Crippen LogP) is 3.21. The van der Waals surface area contributed by atoms with Crippen molar-refractivity contribution in [3.8, 4) is 0 Å². The minimum atomic E-state index is -0.835. The number of carbonyl (C=O) groups is 1. The maximum atomic E-state index is 13.6. The van der Waals surface area contributed by atoms with Gasteiger partial charge in [-0.15, -0.1) is 11.6 Å². The van der Waals surface area contributed by atoms with E-state index >= 15 is 0 Å². The fourth-order valence-electron chi connectivity index (χ4n) is 1.89. The number of rotatable bonds is 2. The molecule has 2 nitrogen and oxygen atoms in total. The fourth-order valence-corrected chi connectivity index (χ4v) is 2.40. The molecule has 1 unspecified atom stereocenters. The number of halogens is 4. The zero-order valence-corrected chi connectivity index (χ0v) is 10.2. The summed E-state index contributed by atoms with van der Waals surface area (Å²) in [6.45, 7) is 0.310. The molecule has 1 aliphatic heterocycles. The first kappa shape index (κ1) is 12.6. The van der Waals surface area contributed by atoms with Gasteiger partial charge in [0.05, 0.1) is 10.7 Å². The molecule has 6 heteroatoms. The fraction of sp³-hybridized carbons (Fsp3) is 0.364. The van der Waals surface area contributed by atoms with Crippen LogP contribution in [0.4, 0.5) is 14.5 Å². The van der Waals surface area contributed by atoms with E-state index in [1.807, 2.05) is 0 Å². The summed E-state index contributed by atoms with van der Waals surface area (Å²) in [5, 5.41) is -0.105. The molecule has 0 N–H and O–H groups in total. The number of hydrogen-bond donors (Lipinski definition) is 0. The zero-order valence-electron chi connectivity index (χ0n) is 8.72. The Morgan fingerprint density at radius 2 is 2.12 bits per heavy atom. The summed E-state index contributed by atoms with van der Waals surface area (Å²) in [6.07, 6.45) is 0.261. The highest BCUT2D eigenvalue weighted by Gasteiger charge is 2.33. The molecule has 1 heterocycles. The lowest BCUT2D eigenvalue weighted by Crippen LogP contribution is -2.26. The monoisotopic (exact) mass is 279 g/mol. The second-order valence-electron chi connectivity index (χ2n) is 3.95. The summed E-state index contributed by atoms with van der Waals surface area (Å²) < 4.78 is 26.5. The van der Waals surface area contributed by atoms with Crippen molar-refractivity contribution in [1.82, 2.24) is 0 Å². The van der Waals surface area contributed by atoms with E-state index in [4.69, 9.17) is 23.2 Å². The van der Waals surface area contributed by atoms with Gasteiger partial charge in [-0.25, -0.2) is 8.78 Å². The van der Waals surface area contributed by atoms with Crippen molar-refractivity contribution in [2.75, 3.05) is 17.3 Å². The molecule has 2 rings (SSSR count). The second kappa shape index (κ2) is 4.78. The van der Waals surface area contributed by atoms with Gasteiger partial charge >= 0.3 is 0 Å². The largest absolute Gasteiger partial charge is 0.308 e. The highest BCUT2D eigenvalue weighted by Crippen LogP contribution is 2.34. The molecular formula is C11H9Cl2F2NO. The molecule has 0 radical (unpaired) electrons. The van der Waals surface area contributed by atoms with Gasteiger partial charge in [0.25, 0.3) is 0 Å². The standard InChI is InChI=1S/C11H9Cl2F2NO/c12-4-6-1-10(17)16(5-6)11-8(13)2-7(14)3-9(11)15/h2-3,6H,1,4-5H2. The molecule has 17 heavy (non-hydrogen) atoms. The Morgan fingerprint density at radius 1 is 1.41 bits per heavy atom. The zero-order chi connectivity index (χ0) is 12.6. The summed E-state index contributed by atoms with van der Waals surface area (Å²) in [5.41, 5.74) is -0.0642. The smallest absolute Gasteiger partial charge is 0.227 e. The molecule has 0 aliphatic carbocycles. The lowest BCUT2D eigenvalue weighted by atomic mass is 10.1. The second-order valence-corrected chi connectivity index (χ2v) is 4.66. The minimum absolute atomic E-state index is 0.0234. The lowest BCUT2D eigenvalue weighted by molar-refractivity contribution is -0.117. The summed E-state index contributed by atoms with van der Waals surface area (Å²) in [4.78, 5) is 12.9. The molecule has 1 saturated heterocycles. The Hall–Kier alpha value is -0.870. The van der Waals surface area contributed by atoms with Crippen LogP contribution in [0.3, 0.4) is 0 Å². The van der Waals surface area contributed by atoms with Gasteiger partial charge in [-0.05, 0) is 12.0 Å². The third-order valence-electron chi connectivity index (χ3n) is 2.67. The molecule has 1 amide bonds. The van der Waals surface area contributed by atoms with E-state index in [1.165, 1.54) is 4.90 Å². The third kappa shape index (κ3) is 2.38. The molecule has 0 saturated carbocycles. The minimum Gasteiger partial charge on any atom is -0.308 e. The SMILES string of the molecule is O=C1CC(CCl)CN1c1c(F)cc(F)cc1Cl. The van der Waals surface area contributed by atoms with Gasteiger partial charge in [0, 0.05) is 24.9 Å². The highest BCUT2D eigenvalue weighted by molar-refractivity contribution is 6.34. The van der Waals surface area contributed by atoms with Crippen LogP contribution in [0, 0.1) is 17.6 Å². The Morgan fingerprint density at radius 3 is 2.65 bits per heavy atom. The molecule has 0 aromatic heterocycles. The molecule has 1 aromatic rings. The van der Waals surface area contributed by atoms with Crippen molar-refractivity contribution in [1.29, 1.82) is 0 Å². The number of amides is 1. The van der Waals surface area contributed by atoms with E-state index in [0.29, 0.717) is 18.5 Å². The van der Waals surface area contributed by atoms with Gasteiger partial charge in [0.2, 0.25) is 5.91 Å². The van der Waals surface area contributed by atoms with E-state index < -0.39 is 11.6 Å². The van der Waals surface area contributed by atoms with Crippen molar-refractivity contribution >= 4 is 34.8 Å². The molecule has 1 fully saturated rings. The van der Waals surface area contributed by atoms with E-state index in [0.717, 1.165) is 6.07 Å². The summed E-state index contributed by atoms with van der Waals surface area (Å²) >= 11 is 11.4. The van der Waals surface area contributed by atoms with Crippen LogP contribution in [0.25, 0.3) is 0 Å². The average molecular weight is 280 g/mol. The topological polar surface area (TPSA) is 20.3 Å². The molecule has 1 aliphatic rings. The average Bonchev–Trinajstić information content (AvgIpc) is 2.59. The van der Waals surface area contributed by atoms with Crippen molar-refractivity contribution in [2.45, 2.75) is 6.42 Å². The quantitative estimate of drug-likeness (QED) is 0.762. The first-order chi connectivity index (χ1) is 8.02. The van der Waals surface area contributed by atoms with Crippen LogP contribution in [0.1, 0.15) is 6.42 Å². The molecule has 0 spiro atoms. The van der Waals surface area contributed by atoms with Crippen LogP contribution in [-0.2, 0) is 4.79 Å². The van der Waals surface area contributed by atoms with E-state index in [-0.39, 0.29) is 29.0 Å². The number of alkyl halides is 1. The summed E-state index contributed by atoms with van der Waals surface area (Å²) in [6, 6.07) is 1.70. The van der Waals surface area contributed by atoms with Gasteiger partial charge in [-0.1, -0.05) is 11.6 Å². The van der Waals surface area contributed by atoms with Crippen LogP contribution in [0.15, 0.2) is 12.1 Å². The Balaban J connectivity index is 2.38. The molecule has 0 bridgehead atoms. The maximum Gasteiger partial charge on any atom is 0.227 e. The van der Waals surface area contributed by atoms with Crippen LogP contribution in [-0.4, -0.2) is 18.3 Å². The first-order valence-electron chi connectivity index (χ1n) is 5.03. The highest BCUT2D eigenvalue weighted by atomic mass is 35.5. The van der Waals surface area contributed by atoms with Crippen molar-refractivity contribution in [3.05, 3.63) is 28.8 Å². The van der Waals surface area contributed by atoms with Crippen LogP contribution in [0.5, 0.6) is 0 Å². The summed E-state index contributed by atoms with van der Waals surface area (Å²) in [7, 11) is 0.